The summed E-state index contributed by atoms with van der Waals surface area (Å²) in [6.45, 7) is -1.99. The molecule has 2 aromatic carbocycles. The Labute approximate surface area is 495 Å². The number of nitrogens with two attached hydrogens (primary N) is 5. The van der Waals surface area contributed by atoms with Crippen molar-refractivity contribution in [2.75, 3.05) is 50.8 Å². The lowest BCUT2D eigenvalue weighted by atomic mass is 10.0. The fourth-order valence-corrected chi connectivity index (χ4v) is 11.5. The molecule has 0 spiro atoms. The van der Waals surface area contributed by atoms with Crippen molar-refractivity contribution >= 4 is 104 Å². The maximum Gasteiger partial charge on any atom is 0.247 e. The predicted octanol–water partition coefficient (Wildman–Crippen LogP) is -6.76. The number of aromatic hydroxyl groups is 1. The standard InChI is InChI=1S/C52H72N16O15S2/c53-17-5-4-9-30(45(76)60-22-39(57)72)63-49(80)36-10-6-18-67(36)51(82)34-25-84-85-26-35(61-42(75)24-59-41(74)23-58-40(73)21-54)52(83)68-43(28-11-13-29(69)14-12-28)44(68)50(81)65-32(19-27-7-2-1-3-8-27)47(78)62-31(15-16-37(55)70)46(77)64-33(20-38(56)71)48(79)66-34/h1-3,7-8,11-14,30-36,43-44,69H,4-6,9-10,15-26,53-54H2,(H2,55,70)(H2,56,71)(H2,57,72)(H,58,73)(H,59,74)(H,60,76)(H,61,75)(H,62,78)(H,63,80)(H,64,77)(H,65,81)(H,66,79)/t30-,31-,32-,33-,34-,35-,36-,43?,44+,68?/m0/s1. The van der Waals surface area contributed by atoms with Crippen LogP contribution in [0.25, 0.3) is 0 Å². The zero-order valence-electron chi connectivity index (χ0n) is 46.2. The van der Waals surface area contributed by atoms with Gasteiger partial charge in [-0.05, 0) is 68.3 Å². The molecule has 0 saturated carbocycles. The molecular weight excluding hydrogens is 1150 g/mol. The highest BCUT2D eigenvalue weighted by Gasteiger charge is 2.58. The zero-order valence-corrected chi connectivity index (χ0v) is 47.8. The Hall–Kier alpha value is -8.56. The Balaban J connectivity index is 1.56. The van der Waals surface area contributed by atoms with Crippen LogP contribution >= 0.6 is 21.6 Å². The Bertz CT molecular complexity index is 2800. The van der Waals surface area contributed by atoms with Gasteiger partial charge < -0.3 is 91.4 Å². The highest BCUT2D eigenvalue weighted by Crippen LogP contribution is 2.45. The van der Waals surface area contributed by atoms with Crippen LogP contribution < -0.4 is 76.5 Å². The maximum atomic E-state index is 15.0. The number of hydrogen-bond acceptors (Lipinski definition) is 19. The third-order valence-corrected chi connectivity index (χ3v) is 16.0. The number of fused-ring (bicyclic) bond motifs is 1. The van der Waals surface area contributed by atoms with Crippen molar-refractivity contribution in [2.24, 2.45) is 28.7 Å². The van der Waals surface area contributed by atoms with E-state index in [1.54, 1.807) is 30.3 Å². The fourth-order valence-electron chi connectivity index (χ4n) is 9.22. The third-order valence-electron chi connectivity index (χ3n) is 13.6. The average molecular weight is 1230 g/mol. The van der Waals surface area contributed by atoms with Crippen molar-refractivity contribution in [1.29, 1.82) is 0 Å². The summed E-state index contributed by atoms with van der Waals surface area (Å²) in [6, 6.07) is 0.622. The summed E-state index contributed by atoms with van der Waals surface area (Å²) in [6.07, 6.45) is -0.796. The smallest absolute Gasteiger partial charge is 0.247 e. The quantitative estimate of drug-likeness (QED) is 0.0264. The van der Waals surface area contributed by atoms with Gasteiger partial charge in [0.2, 0.25) is 82.7 Å². The number of amides is 14. The van der Waals surface area contributed by atoms with Gasteiger partial charge in [0.25, 0.3) is 0 Å². The number of likely N-dealkylation sites (tertiary alicyclic amines) is 1. The van der Waals surface area contributed by atoms with Crippen LogP contribution in [0.3, 0.4) is 0 Å². The fraction of sp³-hybridized carbons (Fsp3) is 0.500. The lowest BCUT2D eigenvalue weighted by molar-refractivity contribution is -0.142. The normalized spacial score (nSPS) is 22.5. The number of benzene rings is 2. The molecule has 0 aromatic heterocycles. The van der Waals surface area contributed by atoms with Crippen LogP contribution in [0.15, 0.2) is 54.6 Å². The molecule has 9 atom stereocenters. The predicted molar refractivity (Wildman–Crippen MR) is 305 cm³/mol. The zero-order chi connectivity index (χ0) is 62.3. The number of phenolic OH excluding ortho intramolecular Hbond substituents is 1. The van der Waals surface area contributed by atoms with E-state index in [0.717, 1.165) is 31.4 Å². The second kappa shape index (κ2) is 33.1. The molecule has 0 bridgehead atoms. The Morgan fingerprint density at radius 2 is 1.31 bits per heavy atom. The number of nitrogens with one attached hydrogen (secondary N) is 9. The molecule has 462 valence electrons. The lowest BCUT2D eigenvalue weighted by Gasteiger charge is -2.31. The summed E-state index contributed by atoms with van der Waals surface area (Å²) >= 11 is 0. The molecule has 3 saturated heterocycles. The van der Waals surface area contributed by atoms with Gasteiger partial charge in [-0.15, -0.1) is 0 Å². The van der Waals surface area contributed by atoms with Gasteiger partial charge in [-0.25, -0.2) is 0 Å². The minimum atomic E-state index is -1.87. The summed E-state index contributed by atoms with van der Waals surface area (Å²) in [5.41, 5.74) is 28.1. The first-order valence-electron chi connectivity index (χ1n) is 27.1. The van der Waals surface area contributed by atoms with Gasteiger partial charge in [0.15, 0.2) is 0 Å². The Kier molecular flexibility index (Phi) is 26.2. The average Bonchev–Trinajstić information content (AvgIpc) is 1.66. The Morgan fingerprint density at radius 1 is 0.671 bits per heavy atom. The summed E-state index contributed by atoms with van der Waals surface area (Å²) < 4.78 is 0. The van der Waals surface area contributed by atoms with E-state index in [1.807, 2.05) is 0 Å². The highest BCUT2D eigenvalue weighted by molar-refractivity contribution is 8.76. The number of rotatable bonds is 24. The maximum absolute atomic E-state index is 15.0. The molecule has 31 nitrogen and oxygen atoms in total. The van der Waals surface area contributed by atoms with E-state index in [-0.39, 0.29) is 56.0 Å². The minimum absolute atomic E-state index is 0.0495. The molecule has 2 aromatic rings. The summed E-state index contributed by atoms with van der Waals surface area (Å²) in [4.78, 5) is 191. The SMILES string of the molecule is NCCCC[C@H](NC(=O)[C@@H]1CCCN1C(=O)[C@@H]1CSSC[C@H](NC(=O)CNC(=O)CNC(=O)CN)C(=O)N2C(c3ccc(O)cc3)[C@@H]2C(=O)N[C@@H](Cc2ccccc2)C(=O)N[C@@H](CCC(N)=O)C(=O)N[C@@H](CC(N)=O)C(=O)N1)C(=O)NCC(N)=O. The van der Waals surface area contributed by atoms with Crippen LogP contribution in [-0.4, -0.2) is 197 Å². The number of carbonyl (C=O) groups is 14. The van der Waals surface area contributed by atoms with E-state index in [9.17, 15) is 72.2 Å². The number of primary amides is 3. The molecule has 3 aliphatic heterocycles. The topological polar surface area (TPSA) is 504 Å². The lowest BCUT2D eigenvalue weighted by Crippen LogP contribution is -2.60. The summed E-state index contributed by atoms with van der Waals surface area (Å²) in [7, 11) is 1.77. The highest BCUT2D eigenvalue weighted by atomic mass is 33.1. The van der Waals surface area contributed by atoms with Crippen molar-refractivity contribution in [3.63, 3.8) is 0 Å². The molecule has 0 radical (unpaired) electrons. The van der Waals surface area contributed by atoms with Crippen molar-refractivity contribution in [1.82, 2.24) is 57.7 Å². The van der Waals surface area contributed by atoms with Gasteiger partial charge in [0, 0.05) is 30.9 Å². The van der Waals surface area contributed by atoms with E-state index in [1.165, 1.54) is 24.3 Å². The number of phenols is 1. The minimum Gasteiger partial charge on any atom is -0.508 e. The Morgan fingerprint density at radius 3 is 1.96 bits per heavy atom. The first-order valence-corrected chi connectivity index (χ1v) is 29.6. The van der Waals surface area contributed by atoms with Crippen molar-refractivity contribution in [2.45, 2.75) is 112 Å². The van der Waals surface area contributed by atoms with Crippen LogP contribution in [0.1, 0.15) is 68.5 Å². The summed E-state index contributed by atoms with van der Waals surface area (Å²) in [5.74, 6) is -13.6. The van der Waals surface area contributed by atoms with Crippen LogP contribution in [-0.2, 0) is 73.5 Å². The van der Waals surface area contributed by atoms with Crippen LogP contribution in [0.2, 0.25) is 0 Å². The van der Waals surface area contributed by atoms with Gasteiger partial charge >= 0.3 is 0 Å². The van der Waals surface area contributed by atoms with Crippen LogP contribution in [0.4, 0.5) is 0 Å². The first kappa shape index (κ1) is 67.2. The number of hydrogen-bond donors (Lipinski definition) is 15. The molecule has 5 rings (SSSR count). The van der Waals surface area contributed by atoms with Gasteiger partial charge in [-0.3, -0.25) is 67.1 Å². The first-order chi connectivity index (χ1) is 40.5. The molecule has 33 heteroatoms. The molecule has 85 heavy (non-hydrogen) atoms. The molecule has 20 N–H and O–H groups in total. The molecular formula is C52H72N16O15S2. The van der Waals surface area contributed by atoms with Gasteiger partial charge in [-0.1, -0.05) is 64.1 Å². The van der Waals surface area contributed by atoms with E-state index in [4.69, 9.17) is 28.7 Å². The molecule has 3 aliphatic rings. The van der Waals surface area contributed by atoms with E-state index in [0.29, 0.717) is 24.0 Å². The molecule has 1 unspecified atom stereocenters. The number of unbranched alkanes of at least 4 members (excludes halogenated alkanes) is 1. The van der Waals surface area contributed by atoms with Gasteiger partial charge in [-0.2, -0.15) is 0 Å². The number of nitrogens with zero attached hydrogens (tertiary/aromatic N) is 2. The van der Waals surface area contributed by atoms with Crippen LogP contribution in [0, 0.1) is 0 Å². The number of carbonyl (C=O) groups excluding carboxylic acids is 14. The largest absolute Gasteiger partial charge is 0.508 e. The summed E-state index contributed by atoms with van der Waals surface area (Å²) in [5, 5.41) is 32.4. The van der Waals surface area contributed by atoms with Crippen molar-refractivity contribution in [3.05, 3.63) is 65.7 Å². The second-order valence-corrected chi connectivity index (χ2v) is 22.6. The van der Waals surface area contributed by atoms with Crippen molar-refractivity contribution < 1.29 is 72.2 Å². The molecule has 14 amide bonds. The van der Waals surface area contributed by atoms with Gasteiger partial charge in [0.05, 0.1) is 38.6 Å². The van der Waals surface area contributed by atoms with Crippen molar-refractivity contribution in [3.8, 4) is 5.75 Å². The molecule has 3 heterocycles. The van der Waals surface area contributed by atoms with E-state index >= 15 is 0 Å². The van der Waals surface area contributed by atoms with Crippen LogP contribution in [0.5, 0.6) is 5.75 Å². The monoisotopic (exact) mass is 1220 g/mol. The second-order valence-electron chi connectivity index (χ2n) is 20.0. The third kappa shape index (κ3) is 20.9. The molecule has 0 aliphatic carbocycles. The van der Waals surface area contributed by atoms with E-state index < -0.39 is 183 Å². The van der Waals surface area contributed by atoms with Gasteiger partial charge in [0.1, 0.15) is 54.1 Å². The van der Waals surface area contributed by atoms with E-state index in [2.05, 4.69) is 47.9 Å². The molecule has 3 fully saturated rings.